The number of benzene rings is 6. The van der Waals surface area contributed by atoms with Crippen LogP contribution in [0.1, 0.15) is 5.56 Å². The van der Waals surface area contributed by atoms with Crippen LogP contribution in [0.3, 0.4) is 0 Å². The molecule has 0 saturated carbocycles. The van der Waals surface area contributed by atoms with Crippen LogP contribution in [0, 0.1) is 0 Å². The van der Waals surface area contributed by atoms with Gasteiger partial charge < -0.3 is 9.13 Å². The predicted octanol–water partition coefficient (Wildman–Crippen LogP) is 10.7. The number of hydrogen-bond acceptors (Lipinski definition) is 2. The third-order valence-electron chi connectivity index (χ3n) is 9.31. The molecule has 2 heterocycles. The summed E-state index contributed by atoms with van der Waals surface area (Å²) in [4.78, 5) is 9.76. The summed E-state index contributed by atoms with van der Waals surface area (Å²) in [5.41, 5.74) is 9.59. The van der Waals surface area contributed by atoms with Gasteiger partial charge in [-0.05, 0) is 48.5 Å². The molecule has 0 aliphatic heterocycles. The second kappa shape index (κ2) is 11.0. The highest BCUT2D eigenvalue weighted by Gasteiger charge is 2.21. The van der Waals surface area contributed by atoms with E-state index in [1.807, 2.05) is 30.4 Å². The maximum absolute atomic E-state index is 5.29. The van der Waals surface area contributed by atoms with Gasteiger partial charge in [0.25, 0.3) is 0 Å². The number of nitrogens with zero attached hydrogens (tertiary/aromatic N) is 4. The van der Waals surface area contributed by atoms with Crippen molar-refractivity contribution in [3.05, 3.63) is 169 Å². The van der Waals surface area contributed by atoms with E-state index in [4.69, 9.17) is 4.99 Å². The molecule has 4 nitrogen and oxygen atoms in total. The molecule has 0 bridgehead atoms. The lowest BCUT2D eigenvalue weighted by molar-refractivity contribution is 0.795. The molecule has 0 radical (unpaired) electrons. The van der Waals surface area contributed by atoms with Crippen molar-refractivity contribution in [2.24, 2.45) is 9.98 Å². The van der Waals surface area contributed by atoms with E-state index < -0.39 is 0 Å². The van der Waals surface area contributed by atoms with Gasteiger partial charge in [-0.25, -0.2) is 0 Å². The van der Waals surface area contributed by atoms with Gasteiger partial charge in [-0.3, -0.25) is 9.98 Å². The van der Waals surface area contributed by atoms with Crippen molar-refractivity contribution in [1.82, 2.24) is 9.13 Å². The van der Waals surface area contributed by atoms with Crippen molar-refractivity contribution in [3.8, 4) is 5.69 Å². The Morgan fingerprint density at radius 2 is 1.26 bits per heavy atom. The van der Waals surface area contributed by atoms with Gasteiger partial charge in [-0.2, -0.15) is 0 Å². The van der Waals surface area contributed by atoms with Gasteiger partial charge >= 0.3 is 0 Å². The topological polar surface area (TPSA) is 34.6 Å². The Labute approximate surface area is 272 Å². The lowest BCUT2D eigenvalue weighted by atomic mass is 9.99. The van der Waals surface area contributed by atoms with Crippen molar-refractivity contribution < 1.29 is 0 Å². The van der Waals surface area contributed by atoms with E-state index in [0.717, 1.165) is 33.7 Å². The van der Waals surface area contributed by atoms with Gasteiger partial charge in [-0.15, -0.1) is 0 Å². The summed E-state index contributed by atoms with van der Waals surface area (Å²) >= 11 is 0. The van der Waals surface area contributed by atoms with Crippen LogP contribution in [0.5, 0.6) is 0 Å². The molecule has 1 aliphatic carbocycles. The van der Waals surface area contributed by atoms with Gasteiger partial charge in [0.1, 0.15) is 6.67 Å². The number of rotatable bonds is 5. The highest BCUT2D eigenvalue weighted by molar-refractivity contribution is 6.31. The van der Waals surface area contributed by atoms with Crippen molar-refractivity contribution in [2.75, 3.05) is 0 Å². The van der Waals surface area contributed by atoms with E-state index in [1.54, 1.807) is 0 Å². The van der Waals surface area contributed by atoms with Gasteiger partial charge in [-0.1, -0.05) is 121 Å². The zero-order chi connectivity index (χ0) is 31.3. The standard InChI is InChI=1S/C43H30N4/c1-44-42(30-15-4-2-5-16-30)33-20-10-12-22-36(33)45-28-46-38-26-27-39-40(41(38)35-25-24-29-14-8-9-19-32(29)43(35)46)34-21-11-13-23-37(34)47(39)31-17-6-3-7-18-31/h2-27H,1,28H2/b42-33-,45-36-. The first-order chi connectivity index (χ1) is 23.3. The fourth-order valence-corrected chi connectivity index (χ4v) is 7.30. The van der Waals surface area contributed by atoms with Gasteiger partial charge in [0.2, 0.25) is 0 Å². The van der Waals surface area contributed by atoms with Gasteiger partial charge in [0.05, 0.1) is 33.5 Å². The number of hydrogen-bond donors (Lipinski definition) is 0. The van der Waals surface area contributed by atoms with E-state index >= 15 is 0 Å². The van der Waals surface area contributed by atoms with Crippen LogP contribution in [-0.2, 0) is 6.67 Å². The minimum atomic E-state index is 0.451. The predicted molar refractivity (Wildman–Crippen MR) is 200 cm³/mol. The molecule has 0 atom stereocenters. The summed E-state index contributed by atoms with van der Waals surface area (Å²) in [5, 5.41) is 7.41. The fourth-order valence-electron chi connectivity index (χ4n) is 7.30. The van der Waals surface area contributed by atoms with Crippen molar-refractivity contribution >= 4 is 72.5 Å². The fraction of sp³-hybridized carbons (Fsp3) is 0.0233. The maximum atomic E-state index is 5.29. The molecule has 0 saturated heterocycles. The molecule has 6 aromatic carbocycles. The van der Waals surface area contributed by atoms with E-state index in [-0.39, 0.29) is 0 Å². The summed E-state index contributed by atoms with van der Waals surface area (Å²) in [6, 6.07) is 47.4. The molecule has 0 N–H and O–H groups in total. The Kier molecular flexibility index (Phi) is 6.32. The van der Waals surface area contributed by atoms with Crippen molar-refractivity contribution in [3.63, 3.8) is 0 Å². The summed E-state index contributed by atoms with van der Waals surface area (Å²) in [7, 11) is 0. The average molecular weight is 603 g/mol. The van der Waals surface area contributed by atoms with E-state index in [1.165, 1.54) is 48.9 Å². The van der Waals surface area contributed by atoms with Gasteiger partial charge in [0, 0.05) is 43.8 Å². The Bertz CT molecular complexity index is 2650. The molecule has 8 aromatic rings. The number of aliphatic imine (C=N–C) groups is 2. The van der Waals surface area contributed by atoms with Crippen LogP contribution < -0.4 is 0 Å². The lowest BCUT2D eigenvalue weighted by Gasteiger charge is -2.13. The van der Waals surface area contributed by atoms with Crippen LogP contribution in [-0.4, -0.2) is 21.6 Å². The summed E-state index contributed by atoms with van der Waals surface area (Å²) in [6.07, 6.45) is 8.23. The van der Waals surface area contributed by atoms with Crippen LogP contribution in [0.2, 0.25) is 0 Å². The first-order valence-corrected chi connectivity index (χ1v) is 15.9. The number of aromatic nitrogens is 2. The smallest absolute Gasteiger partial charge is 0.115 e. The number of fused-ring (bicyclic) bond motifs is 9. The normalized spacial score (nSPS) is 15.1. The molecular formula is C43H30N4. The molecule has 0 spiro atoms. The molecule has 0 amide bonds. The monoisotopic (exact) mass is 602 g/mol. The Morgan fingerprint density at radius 3 is 2.09 bits per heavy atom. The molecule has 1 aliphatic rings. The SMILES string of the molecule is C=N/C(=C1/C=CC=C/C1=N/Cn1c2ccc3c(c4ccccc4n3-c3ccccc3)c2c2ccc3ccccc3c21)c1ccccc1. The zero-order valence-electron chi connectivity index (χ0n) is 25.7. The van der Waals surface area contributed by atoms with Crippen LogP contribution in [0.25, 0.3) is 65.8 Å². The van der Waals surface area contributed by atoms with Crippen molar-refractivity contribution in [1.29, 1.82) is 0 Å². The highest BCUT2D eigenvalue weighted by atomic mass is 15.1. The lowest BCUT2D eigenvalue weighted by Crippen LogP contribution is -2.06. The summed E-state index contributed by atoms with van der Waals surface area (Å²) < 4.78 is 4.78. The van der Waals surface area contributed by atoms with E-state index in [2.05, 4.69) is 148 Å². The average Bonchev–Trinajstić information content (AvgIpc) is 3.65. The third kappa shape index (κ3) is 4.23. The quantitative estimate of drug-likeness (QED) is 0.176. The van der Waals surface area contributed by atoms with Crippen LogP contribution in [0.15, 0.2) is 173 Å². The first-order valence-electron chi connectivity index (χ1n) is 15.9. The third-order valence-corrected chi connectivity index (χ3v) is 9.31. The van der Waals surface area contributed by atoms with E-state index in [9.17, 15) is 0 Å². The second-order valence-corrected chi connectivity index (χ2v) is 11.8. The molecule has 9 rings (SSSR count). The second-order valence-electron chi connectivity index (χ2n) is 11.8. The molecule has 0 fully saturated rings. The highest BCUT2D eigenvalue weighted by Crippen LogP contribution is 2.43. The summed E-state index contributed by atoms with van der Waals surface area (Å²) in [5.74, 6) is 0. The molecule has 4 heteroatoms. The van der Waals surface area contributed by atoms with E-state index in [0.29, 0.717) is 6.67 Å². The molecule has 0 unspecified atom stereocenters. The zero-order valence-corrected chi connectivity index (χ0v) is 25.7. The Balaban J connectivity index is 1.34. The minimum absolute atomic E-state index is 0.451. The molecular weight excluding hydrogens is 573 g/mol. The Hall–Kier alpha value is -6.26. The number of allylic oxidation sites excluding steroid dienone is 5. The minimum Gasteiger partial charge on any atom is -0.320 e. The molecule has 2 aromatic heterocycles. The van der Waals surface area contributed by atoms with Crippen LogP contribution in [0.4, 0.5) is 0 Å². The Morgan fingerprint density at radius 1 is 0.574 bits per heavy atom. The van der Waals surface area contributed by atoms with Crippen molar-refractivity contribution in [2.45, 2.75) is 6.67 Å². The number of para-hydroxylation sites is 2. The maximum Gasteiger partial charge on any atom is 0.115 e. The molecule has 47 heavy (non-hydrogen) atoms. The van der Waals surface area contributed by atoms with Gasteiger partial charge in [0.15, 0.2) is 0 Å². The first kappa shape index (κ1) is 27.1. The largest absolute Gasteiger partial charge is 0.320 e. The van der Waals surface area contributed by atoms with Crippen LogP contribution >= 0.6 is 0 Å². The molecule has 222 valence electrons. The summed E-state index contributed by atoms with van der Waals surface area (Å²) in [6.45, 7) is 4.37.